The van der Waals surface area contributed by atoms with Crippen molar-refractivity contribution in [3.05, 3.63) is 0 Å². The average molecular weight is 194 g/mol. The molecule has 0 radical (unpaired) electrons. The quantitative estimate of drug-likeness (QED) is 0.306. The highest BCUT2D eigenvalue weighted by atomic mass is 16.6. The summed E-state index contributed by atoms with van der Waals surface area (Å²) in [7, 11) is 0. The first-order valence-electron chi connectivity index (χ1n) is 4.59. The molecular weight excluding hydrogens is 178 g/mol. The smallest absolute Gasteiger partial charge is 0.181 e. The van der Waals surface area contributed by atoms with E-state index in [9.17, 15) is 15.3 Å². The molecule has 1 heterocycles. The van der Waals surface area contributed by atoms with Crippen LogP contribution in [0.25, 0.3) is 0 Å². The number of aliphatic hydroxyl groups excluding tert-OH is 3. The van der Waals surface area contributed by atoms with Gasteiger partial charge in [0.15, 0.2) is 5.79 Å². The normalized spacial score (nSPS) is 53.2. The van der Waals surface area contributed by atoms with Gasteiger partial charge in [0, 0.05) is 1.37 Å². The van der Waals surface area contributed by atoms with E-state index < -0.39 is 43.6 Å². The van der Waals surface area contributed by atoms with Gasteiger partial charge in [-0.15, -0.1) is 0 Å². The van der Waals surface area contributed by atoms with Crippen LogP contribution in [0.15, 0.2) is 0 Å². The van der Waals surface area contributed by atoms with Crippen LogP contribution in [0.4, 0.5) is 0 Å². The molecule has 0 aromatic carbocycles. The van der Waals surface area contributed by atoms with Gasteiger partial charge in [-0.05, 0) is 6.90 Å². The molecule has 0 aliphatic carbocycles. The van der Waals surface area contributed by atoms with E-state index in [4.69, 9.17) is 16.9 Å². The van der Waals surface area contributed by atoms with Crippen molar-refractivity contribution in [3.63, 3.8) is 0 Å². The summed E-state index contributed by atoms with van der Waals surface area (Å²) in [5.41, 5.74) is 5.39. The molecule has 5 atom stereocenters. The Balaban J connectivity index is 2.84. The number of hydrogen-bond donors (Lipinski definition) is 5. The molecule has 1 saturated heterocycles. The lowest BCUT2D eigenvalue weighted by molar-refractivity contribution is -0.305. The zero-order chi connectivity index (χ0) is 10.9. The number of rotatable bonds is 1. The molecule has 0 aromatic heterocycles. The Morgan fingerprint density at radius 1 is 1.54 bits per heavy atom. The van der Waals surface area contributed by atoms with Gasteiger partial charge < -0.3 is 30.9 Å². The molecular formula is C7H15NO5. The maximum atomic E-state index is 9.62. The van der Waals surface area contributed by atoms with Crippen LogP contribution in [-0.2, 0) is 4.74 Å². The van der Waals surface area contributed by atoms with Crippen molar-refractivity contribution in [3.8, 4) is 0 Å². The first kappa shape index (κ1) is 9.32. The molecule has 1 rings (SSSR count). The van der Waals surface area contributed by atoms with Crippen molar-refractivity contribution < 1.29 is 26.5 Å². The van der Waals surface area contributed by atoms with Crippen molar-refractivity contribution in [1.82, 2.24) is 0 Å². The summed E-state index contributed by atoms with van der Waals surface area (Å²) < 4.78 is 11.9. The topological polar surface area (TPSA) is 116 Å². The number of hydrogen-bond acceptors (Lipinski definition) is 6. The van der Waals surface area contributed by atoms with Gasteiger partial charge in [-0.3, -0.25) is 0 Å². The van der Waals surface area contributed by atoms with E-state index in [1.165, 1.54) is 0 Å². The zero-order valence-electron chi connectivity index (χ0n) is 8.00. The largest absolute Gasteiger partial charge is 0.394 e. The van der Waals surface area contributed by atoms with Crippen molar-refractivity contribution in [1.29, 1.82) is 0 Å². The summed E-state index contributed by atoms with van der Waals surface area (Å²) in [4.78, 5) is 0. The van der Waals surface area contributed by atoms with Crippen LogP contribution in [0.5, 0.6) is 0 Å². The second kappa shape index (κ2) is 3.49. The predicted molar refractivity (Wildman–Crippen MR) is 42.6 cm³/mol. The molecule has 1 aliphatic rings. The minimum absolute atomic E-state index is 0.562. The summed E-state index contributed by atoms with van der Waals surface area (Å²) in [5, 5.41) is 37.2. The fraction of sp³-hybridized carbons (Fsp3) is 1.00. The van der Waals surface area contributed by atoms with E-state index in [1.54, 1.807) is 0 Å². The van der Waals surface area contributed by atoms with Gasteiger partial charge in [0.2, 0.25) is 0 Å². The summed E-state index contributed by atoms with van der Waals surface area (Å²) >= 11 is 0. The zero-order valence-corrected chi connectivity index (χ0v) is 7.00. The molecule has 13 heavy (non-hydrogen) atoms. The lowest BCUT2D eigenvalue weighted by Gasteiger charge is -2.44. The monoisotopic (exact) mass is 194 g/mol. The minimum Gasteiger partial charge on any atom is -0.394 e. The predicted octanol–water partition coefficient (Wildman–Crippen LogP) is -2.86. The highest BCUT2D eigenvalue weighted by Gasteiger charge is 2.48. The van der Waals surface area contributed by atoms with Crippen molar-refractivity contribution in [2.45, 2.75) is 37.0 Å². The number of nitrogens with two attached hydrogens (primary N) is 1. The molecule has 0 bridgehead atoms. The third kappa shape index (κ3) is 1.83. The van der Waals surface area contributed by atoms with Crippen LogP contribution < -0.4 is 5.73 Å². The lowest BCUT2D eigenvalue weighted by Crippen LogP contribution is -2.67. The van der Waals surface area contributed by atoms with Gasteiger partial charge >= 0.3 is 0 Å². The van der Waals surface area contributed by atoms with E-state index in [0.717, 1.165) is 0 Å². The maximum Gasteiger partial charge on any atom is 0.181 e. The summed E-state index contributed by atoms with van der Waals surface area (Å²) in [6.45, 7) is -1.14. The highest BCUT2D eigenvalue weighted by Crippen LogP contribution is 2.25. The van der Waals surface area contributed by atoms with Gasteiger partial charge in [-0.25, -0.2) is 0 Å². The van der Waals surface area contributed by atoms with Crippen LogP contribution >= 0.6 is 0 Å². The Hall–Kier alpha value is -0.240. The summed E-state index contributed by atoms with van der Waals surface area (Å²) in [6.07, 6.45) is -3.90. The van der Waals surface area contributed by atoms with E-state index in [0.29, 0.717) is 0 Å². The van der Waals surface area contributed by atoms with Gasteiger partial charge in [-0.2, -0.15) is 0 Å². The standard InChI is InChI=1S/C7H15NO5/c1-7(12)6(8)5(11)4(10)3(2-9)13-7/h3-6,9-12H,2,8H2,1H3/t3-,4-,5+,6-,7?/m1/s1/i1D. The van der Waals surface area contributed by atoms with Crippen LogP contribution in [0.2, 0.25) is 0 Å². The molecule has 0 spiro atoms. The average Bonchev–Trinajstić information content (AvgIpc) is 2.20. The Morgan fingerprint density at radius 3 is 2.62 bits per heavy atom. The number of aliphatic hydroxyl groups is 4. The molecule has 78 valence electrons. The van der Waals surface area contributed by atoms with Gasteiger partial charge in [0.25, 0.3) is 0 Å². The molecule has 0 saturated carbocycles. The summed E-state index contributed by atoms with van der Waals surface area (Å²) in [5.74, 6) is -2.02. The van der Waals surface area contributed by atoms with Crippen molar-refractivity contribution in [2.24, 2.45) is 5.73 Å². The second-order valence-electron chi connectivity index (χ2n) is 3.19. The third-order valence-electron chi connectivity index (χ3n) is 2.16. The Kier molecular flexibility index (Phi) is 2.50. The molecule has 0 aromatic rings. The van der Waals surface area contributed by atoms with Crippen LogP contribution in [0.1, 0.15) is 8.27 Å². The van der Waals surface area contributed by atoms with Crippen molar-refractivity contribution >= 4 is 0 Å². The summed E-state index contributed by atoms with van der Waals surface area (Å²) in [6, 6.07) is -1.27. The molecule has 6 nitrogen and oxygen atoms in total. The highest BCUT2D eigenvalue weighted by molar-refractivity contribution is 4.96. The molecule has 0 amide bonds. The van der Waals surface area contributed by atoms with Gasteiger partial charge in [0.05, 0.1) is 12.6 Å². The van der Waals surface area contributed by atoms with Crippen LogP contribution in [-0.4, -0.2) is 57.2 Å². The Morgan fingerprint density at radius 2 is 2.15 bits per heavy atom. The third-order valence-corrected chi connectivity index (χ3v) is 2.16. The molecule has 1 aliphatic heterocycles. The van der Waals surface area contributed by atoms with Crippen LogP contribution in [0, 0.1) is 0 Å². The van der Waals surface area contributed by atoms with Gasteiger partial charge in [-0.1, -0.05) is 0 Å². The molecule has 6 N–H and O–H groups in total. The van der Waals surface area contributed by atoms with E-state index in [1.807, 2.05) is 0 Å². The lowest BCUT2D eigenvalue weighted by atomic mass is 9.92. The minimum atomic E-state index is -2.02. The van der Waals surface area contributed by atoms with Crippen molar-refractivity contribution in [2.75, 3.05) is 6.61 Å². The second-order valence-corrected chi connectivity index (χ2v) is 3.19. The molecule has 1 unspecified atom stereocenters. The van der Waals surface area contributed by atoms with E-state index >= 15 is 0 Å². The first-order valence-corrected chi connectivity index (χ1v) is 3.88. The Labute approximate surface area is 77.0 Å². The maximum absolute atomic E-state index is 9.62. The van der Waals surface area contributed by atoms with E-state index in [-0.39, 0.29) is 0 Å². The fourth-order valence-corrected chi connectivity index (χ4v) is 1.25. The number of ether oxygens (including phenoxy) is 1. The van der Waals surface area contributed by atoms with Gasteiger partial charge in [0.1, 0.15) is 18.3 Å². The van der Waals surface area contributed by atoms with E-state index in [2.05, 4.69) is 0 Å². The van der Waals surface area contributed by atoms with Crippen LogP contribution in [0.3, 0.4) is 0 Å². The molecule has 1 fully saturated rings. The SMILES string of the molecule is [2H]CC1(O)O[C@H](CO)[C@@H](O)[C@H](O)[C@H]1N. The Bertz CT molecular complexity index is 205. The fourth-order valence-electron chi connectivity index (χ4n) is 1.25. The molecule has 6 heteroatoms. The first-order chi connectivity index (χ1) is 6.46.